The smallest absolute Gasteiger partial charge is 0.150 e. The number of benzene rings is 2. The minimum atomic E-state index is -0.622. The normalized spacial score (nSPS) is 10.4. The Hall–Kier alpha value is -1.62. The molecule has 0 saturated carbocycles. The molecule has 0 amide bonds. The van der Waals surface area contributed by atoms with Crippen molar-refractivity contribution in [2.75, 3.05) is 11.9 Å². The average molecular weight is 342 g/mol. The highest BCUT2D eigenvalue weighted by atomic mass is 79.9. The Morgan fingerprint density at radius 2 is 1.70 bits per heavy atom. The fourth-order valence-electron chi connectivity index (χ4n) is 1.77. The van der Waals surface area contributed by atoms with Gasteiger partial charge in [-0.2, -0.15) is 0 Å². The summed E-state index contributed by atoms with van der Waals surface area (Å²) in [5.74, 6) is -0.470. The quantitative estimate of drug-likeness (QED) is 0.848. The van der Waals surface area contributed by atoms with Gasteiger partial charge in [-0.1, -0.05) is 28.1 Å². The Morgan fingerprint density at radius 1 is 1.10 bits per heavy atom. The lowest BCUT2D eigenvalue weighted by Gasteiger charge is -2.10. The molecule has 0 bridgehead atoms. The van der Waals surface area contributed by atoms with E-state index in [9.17, 15) is 8.78 Å². The van der Waals surface area contributed by atoms with Crippen LogP contribution < -0.4 is 10.1 Å². The van der Waals surface area contributed by atoms with Crippen LogP contribution in [-0.2, 0) is 6.54 Å². The lowest BCUT2D eigenvalue weighted by atomic mass is 10.2. The maximum absolute atomic E-state index is 13.6. The minimum Gasteiger partial charge on any atom is -0.494 e. The molecule has 5 heteroatoms. The van der Waals surface area contributed by atoms with E-state index in [2.05, 4.69) is 21.2 Å². The van der Waals surface area contributed by atoms with Gasteiger partial charge in [0.15, 0.2) is 0 Å². The van der Waals surface area contributed by atoms with Crippen molar-refractivity contribution in [3.05, 3.63) is 58.1 Å². The van der Waals surface area contributed by atoms with Crippen molar-refractivity contribution in [2.24, 2.45) is 0 Å². The van der Waals surface area contributed by atoms with Gasteiger partial charge in [0.05, 0.1) is 6.61 Å². The van der Waals surface area contributed by atoms with Crippen LogP contribution in [0.2, 0.25) is 0 Å². The van der Waals surface area contributed by atoms with Crippen molar-refractivity contribution in [1.82, 2.24) is 0 Å². The van der Waals surface area contributed by atoms with Crippen LogP contribution in [0, 0.1) is 11.6 Å². The van der Waals surface area contributed by atoms with Gasteiger partial charge in [-0.3, -0.25) is 0 Å². The van der Waals surface area contributed by atoms with E-state index in [0.717, 1.165) is 11.3 Å². The van der Waals surface area contributed by atoms with Crippen LogP contribution >= 0.6 is 15.9 Å². The van der Waals surface area contributed by atoms with Crippen molar-refractivity contribution in [3.63, 3.8) is 0 Å². The largest absolute Gasteiger partial charge is 0.494 e. The molecule has 2 aromatic rings. The van der Waals surface area contributed by atoms with Crippen LogP contribution in [-0.4, -0.2) is 6.61 Å². The third kappa shape index (κ3) is 3.70. The number of hydrogen-bond acceptors (Lipinski definition) is 2. The molecule has 0 heterocycles. The summed E-state index contributed by atoms with van der Waals surface area (Å²) < 4.78 is 33.0. The number of nitrogens with one attached hydrogen (secondary N) is 1. The first-order chi connectivity index (χ1) is 9.60. The second-order valence-corrected chi connectivity index (χ2v) is 5.09. The Kier molecular flexibility index (Phi) is 4.95. The molecule has 0 spiro atoms. The number of hydrogen-bond donors (Lipinski definition) is 1. The Labute approximate surface area is 124 Å². The summed E-state index contributed by atoms with van der Waals surface area (Å²) in [6.45, 7) is 2.85. The van der Waals surface area contributed by atoms with E-state index in [4.69, 9.17) is 4.74 Å². The number of rotatable bonds is 5. The molecule has 0 saturated heterocycles. The average Bonchev–Trinajstić information content (AvgIpc) is 2.39. The molecule has 0 unspecified atom stereocenters. The van der Waals surface area contributed by atoms with Gasteiger partial charge in [0.1, 0.15) is 23.1 Å². The number of ether oxygens (including phenoxy) is 1. The van der Waals surface area contributed by atoms with Crippen molar-refractivity contribution in [1.29, 1.82) is 0 Å². The van der Waals surface area contributed by atoms with Crippen LogP contribution in [0.25, 0.3) is 0 Å². The molecule has 106 valence electrons. The first-order valence-corrected chi connectivity index (χ1v) is 6.99. The Morgan fingerprint density at radius 3 is 2.25 bits per heavy atom. The molecular formula is C15H14BrF2NO. The fourth-order valence-corrected chi connectivity index (χ4v) is 2.17. The summed E-state index contributed by atoms with van der Waals surface area (Å²) in [4.78, 5) is 0. The lowest BCUT2D eigenvalue weighted by molar-refractivity contribution is 0.340. The second-order valence-electron chi connectivity index (χ2n) is 4.17. The molecule has 0 aliphatic rings. The number of halogens is 3. The van der Waals surface area contributed by atoms with Gasteiger partial charge in [-0.05, 0) is 36.8 Å². The van der Waals surface area contributed by atoms with Crippen LogP contribution in [0.3, 0.4) is 0 Å². The van der Waals surface area contributed by atoms with Crippen molar-refractivity contribution in [2.45, 2.75) is 13.5 Å². The third-order valence-corrected chi connectivity index (χ3v) is 3.17. The standard InChI is InChI=1S/C15H14BrF2NO/c1-2-20-12-5-3-10(4-6-12)9-19-15-13(17)7-11(16)8-14(15)18/h3-8,19H,2,9H2,1H3. The molecular weight excluding hydrogens is 328 g/mol. The summed E-state index contributed by atoms with van der Waals surface area (Å²) in [5.41, 5.74) is 0.789. The highest BCUT2D eigenvalue weighted by molar-refractivity contribution is 9.10. The summed E-state index contributed by atoms with van der Waals surface area (Å²) in [6.07, 6.45) is 0. The molecule has 0 radical (unpaired) electrons. The van der Waals surface area contributed by atoms with Crippen molar-refractivity contribution >= 4 is 21.6 Å². The highest BCUT2D eigenvalue weighted by Gasteiger charge is 2.10. The first-order valence-electron chi connectivity index (χ1n) is 6.20. The SMILES string of the molecule is CCOc1ccc(CNc2c(F)cc(Br)cc2F)cc1. The molecule has 1 N–H and O–H groups in total. The minimum absolute atomic E-state index is 0.123. The highest BCUT2D eigenvalue weighted by Crippen LogP contribution is 2.24. The van der Waals surface area contributed by atoms with Crippen LogP contribution in [0.4, 0.5) is 14.5 Å². The van der Waals surface area contributed by atoms with E-state index >= 15 is 0 Å². The summed E-state index contributed by atoms with van der Waals surface area (Å²) in [6, 6.07) is 9.82. The van der Waals surface area contributed by atoms with Crippen molar-refractivity contribution in [3.8, 4) is 5.75 Å². The van der Waals surface area contributed by atoms with Gasteiger partial charge in [-0.15, -0.1) is 0 Å². The van der Waals surface area contributed by atoms with Gasteiger partial charge in [-0.25, -0.2) is 8.78 Å². The number of anilines is 1. The van der Waals surface area contributed by atoms with Gasteiger partial charge < -0.3 is 10.1 Å². The maximum Gasteiger partial charge on any atom is 0.150 e. The zero-order valence-corrected chi connectivity index (χ0v) is 12.5. The van der Waals surface area contributed by atoms with Crippen LogP contribution in [0.5, 0.6) is 5.75 Å². The molecule has 0 aliphatic carbocycles. The lowest BCUT2D eigenvalue weighted by Crippen LogP contribution is -2.04. The van der Waals surface area contributed by atoms with E-state index in [-0.39, 0.29) is 5.69 Å². The van der Waals surface area contributed by atoms with Gasteiger partial charge >= 0.3 is 0 Å². The molecule has 20 heavy (non-hydrogen) atoms. The fraction of sp³-hybridized carbons (Fsp3) is 0.200. The predicted molar refractivity (Wildman–Crippen MR) is 79.0 cm³/mol. The predicted octanol–water partition coefficient (Wildman–Crippen LogP) is 4.74. The first kappa shape index (κ1) is 14.8. The third-order valence-electron chi connectivity index (χ3n) is 2.71. The zero-order valence-electron chi connectivity index (χ0n) is 10.9. The topological polar surface area (TPSA) is 21.3 Å². The Balaban J connectivity index is 2.05. The summed E-state index contributed by atoms with van der Waals surface area (Å²) >= 11 is 3.04. The van der Waals surface area contributed by atoms with Gasteiger partial charge in [0, 0.05) is 11.0 Å². The Bertz CT molecular complexity index is 564. The van der Waals surface area contributed by atoms with Gasteiger partial charge in [0.25, 0.3) is 0 Å². The van der Waals surface area contributed by atoms with Gasteiger partial charge in [0.2, 0.25) is 0 Å². The summed E-state index contributed by atoms with van der Waals surface area (Å²) in [7, 11) is 0. The second kappa shape index (κ2) is 6.70. The van der Waals surface area contributed by atoms with E-state index in [1.54, 1.807) is 0 Å². The van der Waals surface area contributed by atoms with Crippen molar-refractivity contribution < 1.29 is 13.5 Å². The van der Waals surface area contributed by atoms with E-state index in [1.807, 2.05) is 31.2 Å². The van der Waals surface area contributed by atoms with E-state index in [0.29, 0.717) is 17.6 Å². The zero-order chi connectivity index (χ0) is 14.5. The van der Waals surface area contributed by atoms with E-state index in [1.165, 1.54) is 12.1 Å². The monoisotopic (exact) mass is 341 g/mol. The molecule has 0 fully saturated rings. The molecule has 0 atom stereocenters. The molecule has 2 aromatic carbocycles. The molecule has 2 rings (SSSR count). The molecule has 0 aliphatic heterocycles. The van der Waals surface area contributed by atoms with Crippen LogP contribution in [0.15, 0.2) is 40.9 Å². The summed E-state index contributed by atoms with van der Waals surface area (Å²) in [5, 5.41) is 2.76. The molecule has 2 nitrogen and oxygen atoms in total. The van der Waals surface area contributed by atoms with Crippen LogP contribution in [0.1, 0.15) is 12.5 Å². The maximum atomic E-state index is 13.6. The molecule has 0 aromatic heterocycles. The van der Waals surface area contributed by atoms with E-state index < -0.39 is 11.6 Å².